The van der Waals surface area contributed by atoms with E-state index in [9.17, 15) is 0 Å². The van der Waals surface area contributed by atoms with Gasteiger partial charge in [-0.2, -0.15) is 0 Å². The Hall–Kier alpha value is -0.990. The fraction of sp³-hybridized carbons (Fsp3) is 0.294. The van der Waals surface area contributed by atoms with Gasteiger partial charge in [-0.3, -0.25) is 0 Å². The lowest BCUT2D eigenvalue weighted by Gasteiger charge is -2.11. The summed E-state index contributed by atoms with van der Waals surface area (Å²) in [6, 6.07) is 12.3. The van der Waals surface area contributed by atoms with E-state index >= 15 is 0 Å². The molecule has 2 rings (SSSR count). The van der Waals surface area contributed by atoms with Crippen LogP contribution in [0.5, 0.6) is 5.75 Å². The zero-order valence-electron chi connectivity index (χ0n) is 11.7. The van der Waals surface area contributed by atoms with Gasteiger partial charge in [0, 0.05) is 9.50 Å². The molecule has 0 bridgehead atoms. The average molecular weight is 354 g/mol. The summed E-state index contributed by atoms with van der Waals surface area (Å²) in [5.41, 5.74) is 3.63. The number of ether oxygens (including phenoxy) is 1. The zero-order valence-corrected chi connectivity index (χ0v) is 14.1. The van der Waals surface area contributed by atoms with Gasteiger partial charge in [-0.1, -0.05) is 46.6 Å². The standard InChI is InChI=1S/C17H18BrClO/c1-3-13-9-12(5-8-17(13)20-4-2)10-14-11-15(18)6-7-16(14)19/h5-9,11H,3-4,10H2,1-2H3. The number of benzene rings is 2. The first-order chi connectivity index (χ1) is 9.63. The van der Waals surface area contributed by atoms with Crippen molar-refractivity contribution in [1.29, 1.82) is 0 Å². The maximum Gasteiger partial charge on any atom is 0.122 e. The molecule has 0 atom stereocenters. The van der Waals surface area contributed by atoms with Crippen molar-refractivity contribution < 1.29 is 4.74 Å². The Labute approximate surface area is 134 Å². The van der Waals surface area contributed by atoms with E-state index in [1.54, 1.807) is 0 Å². The molecule has 0 saturated carbocycles. The molecule has 3 heteroatoms. The van der Waals surface area contributed by atoms with Crippen LogP contribution in [-0.2, 0) is 12.8 Å². The largest absolute Gasteiger partial charge is 0.494 e. The summed E-state index contributed by atoms with van der Waals surface area (Å²) in [6.45, 7) is 4.85. The second kappa shape index (κ2) is 7.14. The van der Waals surface area contributed by atoms with E-state index in [4.69, 9.17) is 16.3 Å². The molecule has 0 aliphatic heterocycles. The van der Waals surface area contributed by atoms with Gasteiger partial charge in [-0.25, -0.2) is 0 Å². The third kappa shape index (κ3) is 3.77. The van der Waals surface area contributed by atoms with Crippen molar-refractivity contribution in [3.63, 3.8) is 0 Å². The van der Waals surface area contributed by atoms with Gasteiger partial charge < -0.3 is 4.74 Å². The molecular formula is C17H18BrClO. The van der Waals surface area contributed by atoms with Crippen LogP contribution in [-0.4, -0.2) is 6.61 Å². The lowest BCUT2D eigenvalue weighted by atomic mass is 10.0. The number of hydrogen-bond acceptors (Lipinski definition) is 1. The molecule has 0 N–H and O–H groups in total. The molecule has 106 valence electrons. The summed E-state index contributed by atoms with van der Waals surface area (Å²) < 4.78 is 6.70. The highest BCUT2D eigenvalue weighted by Crippen LogP contribution is 2.26. The van der Waals surface area contributed by atoms with Crippen LogP contribution < -0.4 is 4.74 Å². The van der Waals surface area contributed by atoms with Crippen LogP contribution in [0.4, 0.5) is 0 Å². The summed E-state index contributed by atoms with van der Waals surface area (Å²) in [6.07, 6.45) is 1.80. The SMILES string of the molecule is CCOc1ccc(Cc2cc(Br)ccc2Cl)cc1CC. The molecule has 0 unspecified atom stereocenters. The molecule has 0 amide bonds. The lowest BCUT2D eigenvalue weighted by molar-refractivity contribution is 0.336. The Balaban J connectivity index is 2.27. The molecule has 0 spiro atoms. The van der Waals surface area contributed by atoms with Crippen LogP contribution in [0.15, 0.2) is 40.9 Å². The van der Waals surface area contributed by atoms with E-state index in [-0.39, 0.29) is 0 Å². The fourth-order valence-electron chi connectivity index (χ4n) is 2.21. The fourth-order valence-corrected chi connectivity index (χ4v) is 2.81. The number of halogens is 2. The van der Waals surface area contributed by atoms with E-state index in [1.165, 1.54) is 11.1 Å². The molecule has 20 heavy (non-hydrogen) atoms. The first-order valence-corrected chi connectivity index (χ1v) is 7.99. The van der Waals surface area contributed by atoms with E-state index in [2.05, 4.69) is 47.1 Å². The second-order valence-corrected chi connectivity index (χ2v) is 5.96. The quantitative estimate of drug-likeness (QED) is 0.674. The Kier molecular flexibility index (Phi) is 5.50. The zero-order chi connectivity index (χ0) is 14.5. The van der Waals surface area contributed by atoms with Crippen LogP contribution in [0.25, 0.3) is 0 Å². The van der Waals surface area contributed by atoms with Crippen LogP contribution in [0, 0.1) is 0 Å². The van der Waals surface area contributed by atoms with Gasteiger partial charge in [0.1, 0.15) is 5.75 Å². The number of rotatable bonds is 5. The van der Waals surface area contributed by atoms with Crippen LogP contribution in [0.3, 0.4) is 0 Å². The average Bonchev–Trinajstić information content (AvgIpc) is 2.44. The highest BCUT2D eigenvalue weighted by Gasteiger charge is 2.07. The smallest absolute Gasteiger partial charge is 0.122 e. The molecule has 0 fully saturated rings. The molecule has 0 aliphatic rings. The van der Waals surface area contributed by atoms with Crippen LogP contribution in [0.1, 0.15) is 30.5 Å². The third-order valence-electron chi connectivity index (χ3n) is 3.21. The minimum atomic E-state index is 0.698. The lowest BCUT2D eigenvalue weighted by Crippen LogP contribution is -1.98. The van der Waals surface area contributed by atoms with Crippen molar-refractivity contribution in [2.75, 3.05) is 6.61 Å². The minimum absolute atomic E-state index is 0.698. The van der Waals surface area contributed by atoms with E-state index in [0.29, 0.717) is 6.61 Å². The Morgan fingerprint density at radius 3 is 2.55 bits per heavy atom. The van der Waals surface area contributed by atoms with Gasteiger partial charge in [0.25, 0.3) is 0 Å². The van der Waals surface area contributed by atoms with Crippen molar-refractivity contribution in [2.45, 2.75) is 26.7 Å². The van der Waals surface area contributed by atoms with Crippen molar-refractivity contribution in [3.8, 4) is 5.75 Å². The topological polar surface area (TPSA) is 9.23 Å². The highest BCUT2D eigenvalue weighted by atomic mass is 79.9. The van der Waals surface area contributed by atoms with Gasteiger partial charge in [-0.05, 0) is 60.7 Å². The van der Waals surface area contributed by atoms with Gasteiger partial charge in [-0.15, -0.1) is 0 Å². The first kappa shape index (κ1) is 15.4. The monoisotopic (exact) mass is 352 g/mol. The summed E-state index contributed by atoms with van der Waals surface area (Å²) in [5, 5.41) is 0.806. The molecule has 0 aliphatic carbocycles. The molecule has 0 heterocycles. The van der Waals surface area contributed by atoms with Crippen molar-refractivity contribution >= 4 is 27.5 Å². The second-order valence-electron chi connectivity index (χ2n) is 4.64. The molecular weight excluding hydrogens is 336 g/mol. The molecule has 0 saturated heterocycles. The van der Waals surface area contributed by atoms with E-state index < -0.39 is 0 Å². The molecule has 0 aromatic heterocycles. The normalized spacial score (nSPS) is 10.6. The van der Waals surface area contributed by atoms with E-state index in [1.807, 2.05) is 19.1 Å². The summed E-state index contributed by atoms with van der Waals surface area (Å²) in [4.78, 5) is 0. The number of hydrogen-bond donors (Lipinski definition) is 0. The van der Waals surface area contributed by atoms with Crippen molar-refractivity contribution in [1.82, 2.24) is 0 Å². The minimum Gasteiger partial charge on any atom is -0.494 e. The summed E-state index contributed by atoms with van der Waals surface area (Å²) >= 11 is 9.75. The van der Waals surface area contributed by atoms with Gasteiger partial charge in [0.15, 0.2) is 0 Å². The Morgan fingerprint density at radius 2 is 1.85 bits per heavy atom. The predicted octanol–water partition coefficient (Wildman–Crippen LogP) is 5.65. The van der Waals surface area contributed by atoms with Gasteiger partial charge in [0.05, 0.1) is 6.61 Å². The van der Waals surface area contributed by atoms with Crippen LogP contribution >= 0.6 is 27.5 Å². The number of aryl methyl sites for hydroxylation is 1. The van der Waals surface area contributed by atoms with Crippen molar-refractivity contribution in [2.24, 2.45) is 0 Å². The molecule has 2 aromatic carbocycles. The van der Waals surface area contributed by atoms with Gasteiger partial charge >= 0.3 is 0 Å². The maximum atomic E-state index is 6.26. The molecule has 2 aromatic rings. The van der Waals surface area contributed by atoms with Gasteiger partial charge in [0.2, 0.25) is 0 Å². The summed E-state index contributed by atoms with van der Waals surface area (Å²) in [5.74, 6) is 0.985. The van der Waals surface area contributed by atoms with E-state index in [0.717, 1.165) is 33.6 Å². The molecule has 1 nitrogen and oxygen atoms in total. The third-order valence-corrected chi connectivity index (χ3v) is 4.07. The van der Waals surface area contributed by atoms with Crippen LogP contribution in [0.2, 0.25) is 5.02 Å². The molecule has 0 radical (unpaired) electrons. The maximum absolute atomic E-state index is 6.26. The predicted molar refractivity (Wildman–Crippen MR) is 88.9 cm³/mol. The first-order valence-electron chi connectivity index (χ1n) is 6.82. The summed E-state index contributed by atoms with van der Waals surface area (Å²) in [7, 11) is 0. The van der Waals surface area contributed by atoms with Crippen molar-refractivity contribution in [3.05, 3.63) is 62.6 Å². The Bertz CT molecular complexity index is 596. The Morgan fingerprint density at radius 1 is 1.05 bits per heavy atom. The highest BCUT2D eigenvalue weighted by molar-refractivity contribution is 9.10.